The number of aryl methyl sites for hydroxylation is 2. The highest BCUT2D eigenvalue weighted by Crippen LogP contribution is 2.16. The Hall–Kier alpha value is -2.14. The lowest BCUT2D eigenvalue weighted by Crippen LogP contribution is -2.13. The number of hydrogen-bond donors (Lipinski definition) is 2. The minimum absolute atomic E-state index is 0.106. The van der Waals surface area contributed by atoms with Crippen LogP contribution in [0.3, 0.4) is 0 Å². The van der Waals surface area contributed by atoms with Crippen LogP contribution in [0.15, 0.2) is 30.3 Å². The number of benzene rings is 1. The lowest BCUT2D eigenvalue weighted by atomic mass is 9.98. The summed E-state index contributed by atoms with van der Waals surface area (Å²) in [5.74, 6) is 1.23. The van der Waals surface area contributed by atoms with E-state index in [1.807, 2.05) is 29.8 Å². The van der Waals surface area contributed by atoms with Gasteiger partial charge in [0.2, 0.25) is 0 Å². The highest BCUT2D eigenvalue weighted by molar-refractivity contribution is 6.03. The minimum Gasteiger partial charge on any atom is -0.316 e. The van der Waals surface area contributed by atoms with Crippen LogP contribution in [0.25, 0.3) is 0 Å². The third kappa shape index (κ3) is 4.03. The van der Waals surface area contributed by atoms with Crippen molar-refractivity contribution in [3.05, 3.63) is 47.2 Å². The maximum absolute atomic E-state index is 12.4. The van der Waals surface area contributed by atoms with Gasteiger partial charge in [-0.05, 0) is 62.9 Å². The van der Waals surface area contributed by atoms with Crippen molar-refractivity contribution in [3.8, 4) is 0 Å². The van der Waals surface area contributed by atoms with Crippen molar-refractivity contribution in [1.29, 1.82) is 0 Å². The maximum atomic E-state index is 12.4. The summed E-state index contributed by atoms with van der Waals surface area (Å²) in [5, 5.41) is 10.7. The number of aromatic nitrogens is 2. The molecule has 5 heteroatoms. The third-order valence-electron chi connectivity index (χ3n) is 4.56. The van der Waals surface area contributed by atoms with Crippen molar-refractivity contribution in [2.24, 2.45) is 5.92 Å². The van der Waals surface area contributed by atoms with E-state index in [2.05, 4.69) is 34.8 Å². The predicted octanol–water partition coefficient (Wildman–Crippen LogP) is 3.01. The zero-order chi connectivity index (χ0) is 16.9. The van der Waals surface area contributed by atoms with E-state index in [1.54, 1.807) is 0 Å². The Morgan fingerprint density at radius 2 is 2.17 bits per heavy atom. The quantitative estimate of drug-likeness (QED) is 0.858. The summed E-state index contributed by atoms with van der Waals surface area (Å²) in [5.41, 5.74) is 3.03. The van der Waals surface area contributed by atoms with Gasteiger partial charge >= 0.3 is 0 Å². The molecule has 0 saturated carbocycles. The third-order valence-corrected chi connectivity index (χ3v) is 4.56. The molecule has 1 aliphatic rings. The molecule has 2 aromatic rings. The molecule has 1 atom stereocenters. The molecule has 1 aliphatic heterocycles. The number of anilines is 1. The average Bonchev–Trinajstić information content (AvgIpc) is 3.19. The minimum atomic E-state index is -0.106. The molecular weight excluding hydrogens is 300 g/mol. The van der Waals surface area contributed by atoms with Crippen LogP contribution in [0.4, 0.5) is 5.82 Å². The molecule has 2 N–H and O–H groups in total. The van der Waals surface area contributed by atoms with Crippen molar-refractivity contribution in [3.63, 3.8) is 0 Å². The molecule has 1 saturated heterocycles. The summed E-state index contributed by atoms with van der Waals surface area (Å²) in [6.07, 6.45) is 3.34. The molecule has 0 spiro atoms. The molecule has 1 aromatic heterocycles. The Morgan fingerprint density at radius 3 is 2.83 bits per heavy atom. The molecule has 24 heavy (non-hydrogen) atoms. The molecule has 128 valence electrons. The molecule has 1 aromatic carbocycles. The summed E-state index contributed by atoms with van der Waals surface area (Å²) in [4.78, 5) is 12.4. The monoisotopic (exact) mass is 326 g/mol. The van der Waals surface area contributed by atoms with Crippen LogP contribution in [-0.4, -0.2) is 28.8 Å². The van der Waals surface area contributed by atoms with Gasteiger partial charge in [0.15, 0.2) is 5.82 Å². The van der Waals surface area contributed by atoms with Crippen LogP contribution in [0, 0.1) is 12.8 Å². The van der Waals surface area contributed by atoms with Crippen LogP contribution < -0.4 is 10.6 Å². The molecule has 3 rings (SSSR count). The number of rotatable bonds is 6. The van der Waals surface area contributed by atoms with E-state index < -0.39 is 0 Å². The molecule has 0 radical (unpaired) electrons. The van der Waals surface area contributed by atoms with Crippen LogP contribution >= 0.6 is 0 Å². The number of carbonyl (C=O) groups is 1. The van der Waals surface area contributed by atoms with E-state index in [0.29, 0.717) is 11.4 Å². The second-order valence-corrected chi connectivity index (χ2v) is 6.61. The number of nitrogens with zero attached hydrogens (tertiary/aromatic N) is 2. The highest BCUT2D eigenvalue weighted by Gasteiger charge is 2.15. The standard InChI is InChI=1S/C19H26N4O/c1-3-10-23-14(2)11-18(22-23)21-19(24)17-6-4-15(5-7-17)12-16-8-9-20-13-16/h4-7,11,16,20H,3,8-10,12-13H2,1-2H3,(H,21,22,24). The van der Waals surface area contributed by atoms with Gasteiger partial charge in [-0.15, -0.1) is 0 Å². The molecular formula is C19H26N4O. The Bertz CT molecular complexity index is 684. The first-order chi connectivity index (χ1) is 11.7. The number of hydrogen-bond acceptors (Lipinski definition) is 3. The SMILES string of the molecule is CCCn1nc(NC(=O)c2ccc(CC3CCNC3)cc2)cc1C. The van der Waals surface area contributed by atoms with Gasteiger partial charge in [0.1, 0.15) is 0 Å². The van der Waals surface area contributed by atoms with E-state index in [-0.39, 0.29) is 5.91 Å². The van der Waals surface area contributed by atoms with Gasteiger partial charge in [0, 0.05) is 23.9 Å². The molecule has 2 heterocycles. The summed E-state index contributed by atoms with van der Waals surface area (Å²) >= 11 is 0. The van der Waals surface area contributed by atoms with Gasteiger partial charge < -0.3 is 10.6 Å². The van der Waals surface area contributed by atoms with Crippen molar-refractivity contribution in [2.75, 3.05) is 18.4 Å². The van der Waals surface area contributed by atoms with Crippen LogP contribution in [-0.2, 0) is 13.0 Å². The fourth-order valence-electron chi connectivity index (χ4n) is 3.21. The van der Waals surface area contributed by atoms with E-state index >= 15 is 0 Å². The van der Waals surface area contributed by atoms with Crippen LogP contribution in [0.5, 0.6) is 0 Å². The molecule has 1 unspecified atom stereocenters. The fraction of sp³-hybridized carbons (Fsp3) is 0.474. The highest BCUT2D eigenvalue weighted by atomic mass is 16.1. The normalized spacial score (nSPS) is 17.2. The second-order valence-electron chi connectivity index (χ2n) is 6.61. The summed E-state index contributed by atoms with van der Waals surface area (Å²) in [6, 6.07) is 9.85. The summed E-state index contributed by atoms with van der Waals surface area (Å²) < 4.78 is 1.92. The topological polar surface area (TPSA) is 59.0 Å². The van der Waals surface area contributed by atoms with Gasteiger partial charge in [-0.2, -0.15) is 5.10 Å². The zero-order valence-corrected chi connectivity index (χ0v) is 14.5. The number of carbonyl (C=O) groups excluding carboxylic acids is 1. The Balaban J connectivity index is 1.61. The largest absolute Gasteiger partial charge is 0.316 e. The van der Waals surface area contributed by atoms with Crippen molar-refractivity contribution < 1.29 is 4.79 Å². The zero-order valence-electron chi connectivity index (χ0n) is 14.5. The Morgan fingerprint density at radius 1 is 1.38 bits per heavy atom. The molecule has 0 aliphatic carbocycles. The van der Waals surface area contributed by atoms with Gasteiger partial charge in [0.25, 0.3) is 5.91 Å². The van der Waals surface area contributed by atoms with Crippen molar-refractivity contribution in [2.45, 2.75) is 39.7 Å². The van der Waals surface area contributed by atoms with Crippen molar-refractivity contribution >= 4 is 11.7 Å². The van der Waals surface area contributed by atoms with E-state index in [1.165, 1.54) is 12.0 Å². The van der Waals surface area contributed by atoms with E-state index in [0.717, 1.165) is 44.1 Å². The Kier molecular flexibility index (Phi) is 5.30. The van der Waals surface area contributed by atoms with Gasteiger partial charge in [-0.25, -0.2) is 0 Å². The Labute approximate surface area is 143 Å². The fourth-order valence-corrected chi connectivity index (χ4v) is 3.21. The smallest absolute Gasteiger partial charge is 0.256 e. The number of nitrogens with one attached hydrogen (secondary N) is 2. The first-order valence-corrected chi connectivity index (χ1v) is 8.81. The second kappa shape index (κ2) is 7.62. The van der Waals surface area contributed by atoms with E-state index in [4.69, 9.17) is 0 Å². The molecule has 0 bridgehead atoms. The van der Waals surface area contributed by atoms with Gasteiger partial charge in [0.05, 0.1) is 0 Å². The summed E-state index contributed by atoms with van der Waals surface area (Å²) in [6.45, 7) is 7.21. The molecule has 1 amide bonds. The van der Waals surface area contributed by atoms with E-state index in [9.17, 15) is 4.79 Å². The van der Waals surface area contributed by atoms with Gasteiger partial charge in [-0.3, -0.25) is 9.48 Å². The average molecular weight is 326 g/mol. The molecule has 5 nitrogen and oxygen atoms in total. The van der Waals surface area contributed by atoms with Crippen LogP contribution in [0.1, 0.15) is 41.4 Å². The first-order valence-electron chi connectivity index (χ1n) is 8.81. The lowest BCUT2D eigenvalue weighted by molar-refractivity contribution is 0.102. The maximum Gasteiger partial charge on any atom is 0.256 e. The number of amides is 1. The van der Waals surface area contributed by atoms with Crippen molar-refractivity contribution in [1.82, 2.24) is 15.1 Å². The molecule has 1 fully saturated rings. The lowest BCUT2D eigenvalue weighted by Gasteiger charge is -2.09. The first kappa shape index (κ1) is 16.7. The summed E-state index contributed by atoms with van der Waals surface area (Å²) in [7, 11) is 0. The predicted molar refractivity (Wildman–Crippen MR) is 96.3 cm³/mol. The van der Waals surface area contributed by atoms with Crippen LogP contribution in [0.2, 0.25) is 0 Å². The van der Waals surface area contributed by atoms with Gasteiger partial charge in [-0.1, -0.05) is 19.1 Å².